The van der Waals surface area contributed by atoms with Crippen LogP contribution in [0, 0.1) is 18.3 Å². The van der Waals surface area contributed by atoms with E-state index in [4.69, 9.17) is 5.26 Å². The average molecular weight is 246 g/mol. The van der Waals surface area contributed by atoms with Crippen LogP contribution in [-0.2, 0) is 0 Å². The molecule has 0 atom stereocenters. The SMILES string of the molecule is CCCCCN(c1nc(C)cc(C#N)n1)C(C)C. The van der Waals surface area contributed by atoms with E-state index >= 15 is 0 Å². The Morgan fingerprint density at radius 1 is 1.33 bits per heavy atom. The third-order valence-corrected chi connectivity index (χ3v) is 2.84. The van der Waals surface area contributed by atoms with Gasteiger partial charge in [-0.15, -0.1) is 0 Å². The highest BCUT2D eigenvalue weighted by atomic mass is 15.3. The van der Waals surface area contributed by atoms with E-state index in [0.29, 0.717) is 17.7 Å². The third kappa shape index (κ3) is 3.99. The van der Waals surface area contributed by atoms with Crippen LogP contribution in [0.1, 0.15) is 51.4 Å². The molecule has 4 heteroatoms. The summed E-state index contributed by atoms with van der Waals surface area (Å²) in [5, 5.41) is 8.96. The minimum absolute atomic E-state index is 0.343. The van der Waals surface area contributed by atoms with Crippen molar-refractivity contribution in [3.05, 3.63) is 17.5 Å². The Hall–Kier alpha value is -1.63. The topological polar surface area (TPSA) is 52.8 Å². The van der Waals surface area contributed by atoms with Crippen LogP contribution in [0.5, 0.6) is 0 Å². The van der Waals surface area contributed by atoms with Crippen molar-refractivity contribution in [3.63, 3.8) is 0 Å². The number of nitriles is 1. The van der Waals surface area contributed by atoms with Crippen molar-refractivity contribution in [3.8, 4) is 6.07 Å². The van der Waals surface area contributed by atoms with E-state index in [2.05, 4.69) is 41.7 Å². The van der Waals surface area contributed by atoms with Gasteiger partial charge in [0.05, 0.1) is 0 Å². The first-order valence-corrected chi connectivity index (χ1v) is 6.61. The van der Waals surface area contributed by atoms with Gasteiger partial charge in [0.15, 0.2) is 0 Å². The highest BCUT2D eigenvalue weighted by Crippen LogP contribution is 2.14. The maximum Gasteiger partial charge on any atom is 0.227 e. The summed E-state index contributed by atoms with van der Waals surface area (Å²) >= 11 is 0. The zero-order valence-electron chi connectivity index (χ0n) is 11.8. The van der Waals surface area contributed by atoms with E-state index in [0.717, 1.165) is 18.7 Å². The Balaban J connectivity index is 2.91. The van der Waals surface area contributed by atoms with Crippen LogP contribution in [0.25, 0.3) is 0 Å². The number of aryl methyl sites for hydroxylation is 1. The van der Waals surface area contributed by atoms with E-state index < -0.39 is 0 Å². The van der Waals surface area contributed by atoms with Crippen molar-refractivity contribution < 1.29 is 0 Å². The predicted octanol–water partition coefficient (Wildman–Crippen LogP) is 3.06. The minimum atomic E-state index is 0.343. The largest absolute Gasteiger partial charge is 0.338 e. The van der Waals surface area contributed by atoms with E-state index in [1.54, 1.807) is 6.07 Å². The molecule has 1 aromatic rings. The highest BCUT2D eigenvalue weighted by Gasteiger charge is 2.14. The summed E-state index contributed by atoms with van der Waals surface area (Å²) in [5.41, 5.74) is 1.29. The Morgan fingerprint density at radius 2 is 2.06 bits per heavy atom. The van der Waals surface area contributed by atoms with Gasteiger partial charge in [-0.1, -0.05) is 19.8 Å². The Kier molecular flexibility index (Phi) is 5.57. The Bertz CT molecular complexity index is 420. The van der Waals surface area contributed by atoms with Gasteiger partial charge in [0.2, 0.25) is 5.95 Å². The first-order valence-electron chi connectivity index (χ1n) is 6.61. The van der Waals surface area contributed by atoms with Gasteiger partial charge in [0.1, 0.15) is 11.8 Å². The van der Waals surface area contributed by atoms with Gasteiger partial charge in [0, 0.05) is 18.3 Å². The summed E-state index contributed by atoms with van der Waals surface area (Å²) < 4.78 is 0. The fourth-order valence-corrected chi connectivity index (χ4v) is 1.86. The zero-order chi connectivity index (χ0) is 13.5. The van der Waals surface area contributed by atoms with Gasteiger partial charge >= 0.3 is 0 Å². The first-order chi connectivity index (χ1) is 8.58. The van der Waals surface area contributed by atoms with Crippen LogP contribution in [0.3, 0.4) is 0 Å². The molecular formula is C14H22N4. The van der Waals surface area contributed by atoms with E-state index in [-0.39, 0.29) is 0 Å². The Labute approximate surface area is 110 Å². The summed E-state index contributed by atoms with van der Waals surface area (Å²) in [6.45, 7) is 9.29. The summed E-state index contributed by atoms with van der Waals surface area (Å²) in [5.74, 6) is 0.678. The number of unbranched alkanes of at least 4 members (excludes halogenated alkanes) is 2. The summed E-state index contributed by atoms with van der Waals surface area (Å²) in [7, 11) is 0. The molecule has 18 heavy (non-hydrogen) atoms. The number of aromatic nitrogens is 2. The summed E-state index contributed by atoms with van der Waals surface area (Å²) in [6, 6.07) is 4.15. The second-order valence-corrected chi connectivity index (χ2v) is 4.80. The lowest BCUT2D eigenvalue weighted by molar-refractivity contribution is 0.611. The predicted molar refractivity (Wildman–Crippen MR) is 73.5 cm³/mol. The fraction of sp³-hybridized carbons (Fsp3) is 0.643. The van der Waals surface area contributed by atoms with Gasteiger partial charge in [-0.05, 0) is 33.3 Å². The number of hydrogen-bond donors (Lipinski definition) is 0. The van der Waals surface area contributed by atoms with Gasteiger partial charge in [-0.3, -0.25) is 0 Å². The molecule has 1 heterocycles. The molecule has 0 saturated carbocycles. The monoisotopic (exact) mass is 246 g/mol. The maximum atomic E-state index is 8.96. The number of rotatable bonds is 6. The lowest BCUT2D eigenvalue weighted by Crippen LogP contribution is -2.33. The molecule has 0 N–H and O–H groups in total. The van der Waals surface area contributed by atoms with Crippen molar-refractivity contribution >= 4 is 5.95 Å². The summed E-state index contributed by atoms with van der Waals surface area (Å²) in [4.78, 5) is 10.9. The molecule has 1 aromatic heterocycles. The Morgan fingerprint density at radius 3 is 2.61 bits per heavy atom. The highest BCUT2D eigenvalue weighted by molar-refractivity contribution is 5.36. The van der Waals surface area contributed by atoms with Gasteiger partial charge in [0.25, 0.3) is 0 Å². The molecule has 0 aliphatic heterocycles. The van der Waals surface area contributed by atoms with Gasteiger partial charge in [-0.25, -0.2) is 9.97 Å². The van der Waals surface area contributed by atoms with Crippen molar-refractivity contribution in [1.82, 2.24) is 9.97 Å². The van der Waals surface area contributed by atoms with Gasteiger partial charge < -0.3 is 4.90 Å². The standard InChI is InChI=1S/C14H22N4/c1-5-6-7-8-18(11(2)3)14-16-12(4)9-13(10-15)17-14/h9,11H,5-8H2,1-4H3. The van der Waals surface area contributed by atoms with Crippen LogP contribution in [-0.4, -0.2) is 22.6 Å². The van der Waals surface area contributed by atoms with Gasteiger partial charge in [-0.2, -0.15) is 5.26 Å². The molecule has 0 saturated heterocycles. The normalized spacial score (nSPS) is 10.4. The average Bonchev–Trinajstić information content (AvgIpc) is 2.33. The van der Waals surface area contributed by atoms with Crippen LogP contribution in [0.15, 0.2) is 6.07 Å². The van der Waals surface area contributed by atoms with Crippen molar-refractivity contribution in [2.24, 2.45) is 0 Å². The second kappa shape index (κ2) is 6.95. The number of nitrogens with zero attached hydrogens (tertiary/aromatic N) is 4. The third-order valence-electron chi connectivity index (χ3n) is 2.84. The van der Waals surface area contributed by atoms with Crippen LogP contribution >= 0.6 is 0 Å². The minimum Gasteiger partial charge on any atom is -0.338 e. The molecule has 4 nitrogen and oxygen atoms in total. The molecule has 0 bridgehead atoms. The van der Waals surface area contributed by atoms with E-state index in [9.17, 15) is 0 Å². The van der Waals surface area contributed by atoms with Crippen molar-refractivity contribution in [1.29, 1.82) is 5.26 Å². The molecule has 1 rings (SSSR count). The molecular weight excluding hydrogens is 224 g/mol. The molecule has 0 fully saturated rings. The lowest BCUT2D eigenvalue weighted by atomic mass is 10.2. The smallest absolute Gasteiger partial charge is 0.227 e. The molecule has 0 aliphatic carbocycles. The van der Waals surface area contributed by atoms with Crippen LogP contribution < -0.4 is 4.90 Å². The van der Waals surface area contributed by atoms with Crippen LogP contribution in [0.4, 0.5) is 5.95 Å². The summed E-state index contributed by atoms with van der Waals surface area (Å²) in [6.07, 6.45) is 3.54. The molecule has 0 radical (unpaired) electrons. The fourth-order valence-electron chi connectivity index (χ4n) is 1.86. The lowest BCUT2D eigenvalue weighted by Gasteiger charge is -2.27. The molecule has 0 aromatic carbocycles. The molecule has 98 valence electrons. The van der Waals surface area contributed by atoms with Crippen LogP contribution in [0.2, 0.25) is 0 Å². The molecule has 0 unspecified atom stereocenters. The zero-order valence-corrected chi connectivity index (χ0v) is 11.8. The van der Waals surface area contributed by atoms with E-state index in [1.807, 2.05) is 6.92 Å². The van der Waals surface area contributed by atoms with Crippen molar-refractivity contribution in [2.45, 2.75) is 53.0 Å². The quantitative estimate of drug-likeness (QED) is 0.724. The molecule has 0 aliphatic rings. The first kappa shape index (κ1) is 14.4. The number of anilines is 1. The molecule has 0 amide bonds. The maximum absolute atomic E-state index is 8.96. The molecule has 0 spiro atoms. The number of hydrogen-bond acceptors (Lipinski definition) is 4. The van der Waals surface area contributed by atoms with E-state index in [1.165, 1.54) is 12.8 Å². The second-order valence-electron chi connectivity index (χ2n) is 4.80. The van der Waals surface area contributed by atoms with Crippen molar-refractivity contribution in [2.75, 3.05) is 11.4 Å².